The van der Waals surface area contributed by atoms with Gasteiger partial charge in [-0.2, -0.15) is 0 Å². The van der Waals surface area contributed by atoms with Crippen LogP contribution < -0.4 is 11.5 Å². The molecule has 0 rings (SSSR count). The molecular weight excluding hydrogens is 284 g/mol. The van der Waals surface area contributed by atoms with Gasteiger partial charge in [-0.3, -0.25) is 0 Å². The summed E-state index contributed by atoms with van der Waals surface area (Å²) < 4.78 is 0. The van der Waals surface area contributed by atoms with E-state index >= 15 is 0 Å². The van der Waals surface area contributed by atoms with Crippen LogP contribution in [0.3, 0.4) is 0 Å². The molecule has 0 amide bonds. The first kappa shape index (κ1) is 19.8. The Morgan fingerprint density at radius 2 is 1.35 bits per heavy atom. The summed E-state index contributed by atoms with van der Waals surface area (Å²) in [7, 11) is 0. The summed E-state index contributed by atoms with van der Waals surface area (Å²) >= 11 is 0. The first-order valence-corrected chi connectivity index (χ1v) is 6.88. The maximum atomic E-state index is 9.76. The molecule has 0 bridgehead atoms. The van der Waals surface area contributed by atoms with E-state index < -0.39 is 6.10 Å². The Balaban J connectivity index is 5.17. The van der Waals surface area contributed by atoms with Gasteiger partial charge in [0.1, 0.15) is 12.1 Å². The lowest BCUT2D eigenvalue weighted by Gasteiger charge is -2.09. The van der Waals surface area contributed by atoms with Crippen LogP contribution in [0.4, 0.5) is 0 Å². The molecule has 0 spiro atoms. The molecule has 112 valence electrons. The fourth-order valence-electron chi connectivity index (χ4n) is 1.20. The van der Waals surface area contributed by atoms with E-state index in [4.69, 9.17) is 0 Å². The molecule has 0 radical (unpaired) electrons. The third-order valence-corrected chi connectivity index (χ3v) is 2.35. The fourth-order valence-corrected chi connectivity index (χ4v) is 1.20. The Morgan fingerprint density at radius 3 is 1.83 bits per heavy atom. The Hall–Kier alpha value is -3.24. The van der Waals surface area contributed by atoms with Crippen LogP contribution in [-0.4, -0.2) is 23.8 Å². The van der Waals surface area contributed by atoms with Crippen molar-refractivity contribution in [3.8, 4) is 0 Å². The normalized spacial score (nSPS) is 9.35. The largest absolute Gasteiger partial charge is 0.382 e. The number of quaternary nitrogens is 2. The second-order valence-corrected chi connectivity index (χ2v) is 4.11. The Labute approximate surface area is 135 Å². The van der Waals surface area contributed by atoms with E-state index in [9.17, 15) is 5.11 Å². The number of hydrogen-bond donors (Lipinski definition) is 3. The van der Waals surface area contributed by atoms with Gasteiger partial charge in [0.2, 0.25) is 0 Å². The van der Waals surface area contributed by atoms with E-state index in [1.54, 1.807) is 0 Å². The van der Waals surface area contributed by atoms with Crippen LogP contribution >= 0.6 is 0 Å². The number of hydrogen-bond acceptors (Lipinski definition) is 1. The van der Waals surface area contributed by atoms with E-state index in [-0.39, 0.29) is 6.04 Å². The van der Waals surface area contributed by atoms with Crippen LogP contribution in [0, 0.1) is 0 Å². The number of aliphatic hydroxyl groups is 1. The second-order valence-electron chi connectivity index (χ2n) is 4.11. The maximum Gasteiger partial charge on any atom is 0.132 e. The zero-order valence-corrected chi connectivity index (χ0v) is 12.9. The van der Waals surface area contributed by atoms with E-state index in [0.29, 0.717) is 0 Å². The van der Waals surface area contributed by atoms with Crippen LogP contribution in [0.2, 0.25) is 0 Å². The summed E-state index contributed by atoms with van der Waals surface area (Å²) in [5, 5.41) is 9.76. The van der Waals surface area contributed by atoms with Crippen molar-refractivity contribution in [3.05, 3.63) is 87.2 Å². The average Bonchev–Trinajstić information content (AvgIpc) is 2.56. The van der Waals surface area contributed by atoms with Gasteiger partial charge in [0, 0.05) is 18.9 Å². The van der Waals surface area contributed by atoms with Crippen molar-refractivity contribution < 1.29 is 16.6 Å². The van der Waals surface area contributed by atoms with Crippen molar-refractivity contribution >= 4 is 0 Å². The minimum Gasteiger partial charge on any atom is -0.382 e. The first-order chi connectivity index (χ1) is 11.2. The predicted molar refractivity (Wildman–Crippen MR) is 85.5 cm³/mol. The quantitative estimate of drug-likeness (QED) is 0.623. The standard InChI is InChI=1S/C20H16N2O/c1-2-3-4-5-6-7-8-9-10-11-12-13-14-17-20(23)19(22)16-15-18-21/h17,19-20,23H,1,15-16,18,21-22H2/p+2/t19-,20-/m0/s1. The summed E-state index contributed by atoms with van der Waals surface area (Å²) in [6, 6.07) is -0.0794. The topological polar surface area (TPSA) is 75.5 Å². The van der Waals surface area contributed by atoms with Crippen LogP contribution in [-0.2, 0) is 0 Å². The molecule has 3 heteroatoms. The zero-order chi connectivity index (χ0) is 17.2. The summed E-state index contributed by atoms with van der Waals surface area (Å²) in [5.74, 6) is 0. The monoisotopic (exact) mass is 302 g/mol. The number of aliphatic hydroxyl groups excluding tert-OH is 1. The van der Waals surface area contributed by atoms with Crippen LogP contribution in [0.1, 0.15) is 12.8 Å². The first-order valence-electron chi connectivity index (χ1n) is 6.88. The molecule has 0 aliphatic heterocycles. The summed E-state index contributed by atoms with van der Waals surface area (Å²) in [4.78, 5) is 0. The van der Waals surface area contributed by atoms with Gasteiger partial charge in [0.15, 0.2) is 0 Å². The second kappa shape index (κ2) is 15.2. The van der Waals surface area contributed by atoms with Crippen LogP contribution in [0.5, 0.6) is 0 Å². The molecule has 3 nitrogen and oxygen atoms in total. The third-order valence-electron chi connectivity index (χ3n) is 2.35. The fraction of sp³-hybridized carbons (Fsp3) is 0.250. The van der Waals surface area contributed by atoms with E-state index in [2.05, 4.69) is 92.6 Å². The van der Waals surface area contributed by atoms with Gasteiger partial charge in [-0.25, -0.2) is 0 Å². The van der Waals surface area contributed by atoms with E-state index in [1.807, 2.05) is 0 Å². The van der Waals surface area contributed by atoms with Crippen molar-refractivity contribution in [2.75, 3.05) is 6.54 Å². The van der Waals surface area contributed by atoms with Crippen molar-refractivity contribution in [2.45, 2.75) is 25.0 Å². The lowest BCUT2D eigenvalue weighted by molar-refractivity contribution is -0.438. The molecular formula is C20H18N2O+2. The Morgan fingerprint density at radius 1 is 0.870 bits per heavy atom. The van der Waals surface area contributed by atoms with Crippen molar-refractivity contribution in [1.29, 1.82) is 0 Å². The van der Waals surface area contributed by atoms with Gasteiger partial charge in [0.25, 0.3) is 0 Å². The average molecular weight is 302 g/mol. The van der Waals surface area contributed by atoms with Crippen LogP contribution in [0.15, 0.2) is 87.2 Å². The molecule has 0 aliphatic rings. The zero-order valence-electron chi connectivity index (χ0n) is 12.9. The number of rotatable bonds is 5. The minimum absolute atomic E-state index is 0.0794. The van der Waals surface area contributed by atoms with Crippen LogP contribution in [0.25, 0.3) is 0 Å². The van der Waals surface area contributed by atoms with E-state index in [0.717, 1.165) is 19.4 Å². The molecule has 0 saturated heterocycles. The third kappa shape index (κ3) is 13.5. The molecule has 0 aromatic rings. The Kier molecular flexibility index (Phi) is 13.0. The highest BCUT2D eigenvalue weighted by molar-refractivity contribution is 4.95. The highest BCUT2D eigenvalue weighted by Gasteiger charge is 2.14. The van der Waals surface area contributed by atoms with Gasteiger partial charge in [-0.1, -0.05) is 11.5 Å². The van der Waals surface area contributed by atoms with Gasteiger partial charge < -0.3 is 16.6 Å². The van der Waals surface area contributed by atoms with Gasteiger partial charge in [-0.05, 0) is 69.6 Å². The highest BCUT2D eigenvalue weighted by atomic mass is 16.3. The molecule has 0 saturated carbocycles. The highest BCUT2D eigenvalue weighted by Crippen LogP contribution is 1.97. The summed E-state index contributed by atoms with van der Waals surface area (Å²) in [6.45, 7) is 4.14. The molecule has 23 heavy (non-hydrogen) atoms. The SMILES string of the molecule is C=C=C=C=C=C=C=C=C=C=C=C=C=C=C[C@H](O)[C@@H]([NH3+])CCC[NH3+]. The summed E-state index contributed by atoms with van der Waals surface area (Å²) in [5.41, 5.74) is 40.3. The molecule has 0 unspecified atom stereocenters. The molecule has 0 aliphatic carbocycles. The maximum absolute atomic E-state index is 9.76. The Bertz CT molecular complexity index is 875. The lowest BCUT2D eigenvalue weighted by Crippen LogP contribution is -2.66. The van der Waals surface area contributed by atoms with E-state index in [1.165, 1.54) is 6.08 Å². The molecule has 0 fully saturated rings. The van der Waals surface area contributed by atoms with Gasteiger partial charge in [0.05, 0.1) is 6.54 Å². The molecule has 0 aromatic heterocycles. The molecule has 7 N–H and O–H groups in total. The molecule has 2 atom stereocenters. The molecule has 0 heterocycles. The predicted octanol–water partition coefficient (Wildman–Crippen LogP) is 0.182. The van der Waals surface area contributed by atoms with Crippen molar-refractivity contribution in [1.82, 2.24) is 0 Å². The minimum atomic E-state index is -0.659. The summed E-state index contributed by atoms with van der Waals surface area (Å²) in [6.07, 6.45) is 2.58. The molecule has 0 aromatic carbocycles. The van der Waals surface area contributed by atoms with Gasteiger partial charge in [-0.15, -0.1) is 0 Å². The van der Waals surface area contributed by atoms with Crippen molar-refractivity contribution in [2.24, 2.45) is 0 Å². The smallest absolute Gasteiger partial charge is 0.132 e. The van der Waals surface area contributed by atoms with Gasteiger partial charge >= 0.3 is 0 Å². The lowest BCUT2D eigenvalue weighted by atomic mass is 10.1. The van der Waals surface area contributed by atoms with Crippen molar-refractivity contribution in [3.63, 3.8) is 0 Å².